The van der Waals surface area contributed by atoms with E-state index >= 15 is 0 Å². The smallest absolute Gasteiger partial charge is 0.309 e. The van der Waals surface area contributed by atoms with Crippen LogP contribution in [0.25, 0.3) is 11.3 Å². The maximum Gasteiger partial charge on any atom is 0.309 e. The predicted molar refractivity (Wildman–Crippen MR) is 98.7 cm³/mol. The Balaban J connectivity index is 1.52. The van der Waals surface area contributed by atoms with Crippen LogP contribution in [0.2, 0.25) is 5.02 Å². The lowest BCUT2D eigenvalue weighted by Crippen LogP contribution is -2.25. The van der Waals surface area contributed by atoms with Gasteiger partial charge in [-0.25, -0.2) is 4.98 Å². The summed E-state index contributed by atoms with van der Waals surface area (Å²) in [5.74, 6) is -0.719. The molecule has 7 heteroatoms. The van der Waals surface area contributed by atoms with Crippen molar-refractivity contribution in [2.75, 3.05) is 11.9 Å². The van der Waals surface area contributed by atoms with E-state index in [9.17, 15) is 9.59 Å². The molecule has 25 heavy (non-hydrogen) atoms. The number of ether oxygens (including phenoxy) is 1. The Morgan fingerprint density at radius 3 is 2.76 bits per heavy atom. The van der Waals surface area contributed by atoms with Gasteiger partial charge in [0.1, 0.15) is 0 Å². The van der Waals surface area contributed by atoms with Gasteiger partial charge in [-0.3, -0.25) is 14.9 Å². The van der Waals surface area contributed by atoms with Crippen LogP contribution in [0.1, 0.15) is 32.1 Å². The lowest BCUT2D eigenvalue weighted by molar-refractivity contribution is -0.152. The van der Waals surface area contributed by atoms with E-state index in [0.29, 0.717) is 15.8 Å². The van der Waals surface area contributed by atoms with Crippen LogP contribution in [0, 0.1) is 5.92 Å². The number of thiazole rings is 1. The Morgan fingerprint density at radius 2 is 2.00 bits per heavy atom. The largest absolute Gasteiger partial charge is 0.455 e. The van der Waals surface area contributed by atoms with Gasteiger partial charge in [0.25, 0.3) is 5.91 Å². The number of halogens is 1. The van der Waals surface area contributed by atoms with Gasteiger partial charge in [0.15, 0.2) is 11.7 Å². The van der Waals surface area contributed by atoms with E-state index in [-0.39, 0.29) is 24.4 Å². The third-order valence-corrected chi connectivity index (χ3v) is 5.27. The summed E-state index contributed by atoms with van der Waals surface area (Å²) in [7, 11) is 0. The number of carbonyl (C=O) groups is 2. The van der Waals surface area contributed by atoms with E-state index in [4.69, 9.17) is 16.3 Å². The van der Waals surface area contributed by atoms with Gasteiger partial charge in [-0.1, -0.05) is 49.1 Å². The van der Waals surface area contributed by atoms with Crippen molar-refractivity contribution >= 4 is 39.9 Å². The summed E-state index contributed by atoms with van der Waals surface area (Å²) in [6.07, 6.45) is 4.98. The number of carbonyl (C=O) groups excluding carboxylic acids is 2. The van der Waals surface area contributed by atoms with Gasteiger partial charge < -0.3 is 4.74 Å². The average Bonchev–Trinajstić information content (AvgIpc) is 3.09. The Morgan fingerprint density at radius 1 is 1.24 bits per heavy atom. The zero-order chi connectivity index (χ0) is 17.6. The highest BCUT2D eigenvalue weighted by molar-refractivity contribution is 7.14. The van der Waals surface area contributed by atoms with Crippen molar-refractivity contribution in [1.82, 2.24) is 4.98 Å². The molecular weight excluding hydrogens is 360 g/mol. The Bertz CT molecular complexity index is 756. The van der Waals surface area contributed by atoms with Gasteiger partial charge in [0.2, 0.25) is 0 Å². The topological polar surface area (TPSA) is 68.3 Å². The summed E-state index contributed by atoms with van der Waals surface area (Å²) < 4.78 is 5.13. The highest BCUT2D eigenvalue weighted by Crippen LogP contribution is 2.30. The molecule has 132 valence electrons. The number of hydrogen-bond donors (Lipinski definition) is 1. The molecule has 2 aromatic rings. The molecule has 1 saturated carbocycles. The molecule has 1 aromatic heterocycles. The van der Waals surface area contributed by atoms with E-state index in [0.717, 1.165) is 31.2 Å². The van der Waals surface area contributed by atoms with Gasteiger partial charge in [-0.15, -0.1) is 11.3 Å². The average molecular weight is 379 g/mol. The monoisotopic (exact) mass is 378 g/mol. The summed E-state index contributed by atoms with van der Waals surface area (Å²) in [6.45, 7) is -0.281. The molecule has 1 aliphatic rings. The van der Waals surface area contributed by atoms with Gasteiger partial charge in [-0.2, -0.15) is 0 Å². The molecule has 1 aliphatic carbocycles. The summed E-state index contributed by atoms with van der Waals surface area (Å²) in [5, 5.41) is 5.54. The minimum atomic E-state index is -0.385. The van der Waals surface area contributed by atoms with E-state index < -0.39 is 0 Å². The second-order valence-electron chi connectivity index (χ2n) is 6.01. The second-order valence-corrected chi connectivity index (χ2v) is 7.27. The second kappa shape index (κ2) is 8.45. The third kappa shape index (κ3) is 4.80. The quantitative estimate of drug-likeness (QED) is 0.776. The zero-order valence-corrected chi connectivity index (χ0v) is 15.2. The number of benzene rings is 1. The molecular formula is C18H19ClN2O3S. The normalized spacial score (nSPS) is 14.9. The molecule has 0 saturated heterocycles. The van der Waals surface area contributed by atoms with Crippen molar-refractivity contribution < 1.29 is 14.3 Å². The van der Waals surface area contributed by atoms with Crippen LogP contribution in [0.3, 0.4) is 0 Å². The summed E-state index contributed by atoms with van der Waals surface area (Å²) >= 11 is 7.45. The lowest BCUT2D eigenvalue weighted by Gasteiger charge is -2.19. The fourth-order valence-corrected chi connectivity index (χ4v) is 3.83. The SMILES string of the molecule is O=C(COC(=O)C1CCCCC1)Nc1nc(-c2ccccc2Cl)cs1. The zero-order valence-electron chi connectivity index (χ0n) is 13.7. The number of nitrogens with zero attached hydrogens (tertiary/aromatic N) is 1. The number of aromatic nitrogens is 1. The first-order valence-electron chi connectivity index (χ1n) is 8.30. The molecule has 0 bridgehead atoms. The Labute approximate surface area is 155 Å². The van der Waals surface area contributed by atoms with Crippen molar-refractivity contribution in [2.24, 2.45) is 5.92 Å². The van der Waals surface area contributed by atoms with Crippen LogP contribution < -0.4 is 5.32 Å². The molecule has 0 atom stereocenters. The number of nitrogens with one attached hydrogen (secondary N) is 1. The van der Waals surface area contributed by atoms with Crippen LogP contribution in [0.5, 0.6) is 0 Å². The van der Waals surface area contributed by atoms with Crippen LogP contribution in [-0.4, -0.2) is 23.5 Å². The molecule has 0 spiro atoms. The van der Waals surface area contributed by atoms with Crippen molar-refractivity contribution in [3.05, 3.63) is 34.7 Å². The molecule has 3 rings (SSSR count). The van der Waals surface area contributed by atoms with Gasteiger partial charge in [0.05, 0.1) is 11.6 Å². The molecule has 1 amide bonds. The molecule has 0 unspecified atom stereocenters. The molecule has 5 nitrogen and oxygen atoms in total. The Hall–Kier alpha value is -1.92. The first-order chi connectivity index (χ1) is 12.1. The van der Waals surface area contributed by atoms with E-state index in [1.165, 1.54) is 17.8 Å². The number of anilines is 1. The van der Waals surface area contributed by atoms with Gasteiger partial charge in [0, 0.05) is 16.0 Å². The van der Waals surface area contributed by atoms with E-state index in [1.54, 1.807) is 6.07 Å². The minimum absolute atomic E-state index is 0.0618. The highest BCUT2D eigenvalue weighted by Gasteiger charge is 2.23. The summed E-state index contributed by atoms with van der Waals surface area (Å²) in [4.78, 5) is 28.3. The van der Waals surface area contributed by atoms with Crippen LogP contribution >= 0.6 is 22.9 Å². The Kier molecular flexibility index (Phi) is 6.04. The standard InChI is InChI=1S/C18H19ClN2O3S/c19-14-9-5-4-8-13(14)15-11-25-18(20-15)21-16(22)10-24-17(23)12-6-2-1-3-7-12/h4-5,8-9,11-12H,1-3,6-7,10H2,(H,20,21,22). The van der Waals surface area contributed by atoms with Crippen molar-refractivity contribution in [3.8, 4) is 11.3 Å². The maximum absolute atomic E-state index is 12.0. The number of hydrogen-bond acceptors (Lipinski definition) is 5. The molecule has 1 heterocycles. The molecule has 1 fully saturated rings. The first kappa shape index (κ1) is 17.9. The predicted octanol–water partition coefficient (Wildman–Crippen LogP) is 4.53. The van der Waals surface area contributed by atoms with E-state index in [1.807, 2.05) is 23.6 Å². The fraction of sp³-hybridized carbons (Fsp3) is 0.389. The fourth-order valence-electron chi connectivity index (χ4n) is 2.87. The van der Waals surface area contributed by atoms with Gasteiger partial charge >= 0.3 is 5.97 Å². The number of amides is 1. The summed E-state index contributed by atoms with van der Waals surface area (Å²) in [5.41, 5.74) is 1.51. The van der Waals surface area contributed by atoms with Crippen LogP contribution in [0.4, 0.5) is 5.13 Å². The first-order valence-corrected chi connectivity index (χ1v) is 9.56. The molecule has 1 aromatic carbocycles. The molecule has 0 aliphatic heterocycles. The van der Waals surface area contributed by atoms with Gasteiger partial charge in [-0.05, 0) is 18.9 Å². The lowest BCUT2D eigenvalue weighted by atomic mass is 9.89. The van der Waals surface area contributed by atoms with Crippen LogP contribution in [-0.2, 0) is 14.3 Å². The third-order valence-electron chi connectivity index (χ3n) is 4.18. The van der Waals surface area contributed by atoms with Crippen molar-refractivity contribution in [1.29, 1.82) is 0 Å². The molecule has 1 N–H and O–H groups in total. The van der Waals surface area contributed by atoms with Crippen molar-refractivity contribution in [3.63, 3.8) is 0 Å². The minimum Gasteiger partial charge on any atom is -0.455 e. The number of esters is 1. The van der Waals surface area contributed by atoms with Crippen LogP contribution in [0.15, 0.2) is 29.6 Å². The van der Waals surface area contributed by atoms with E-state index in [2.05, 4.69) is 10.3 Å². The van der Waals surface area contributed by atoms with Crippen molar-refractivity contribution in [2.45, 2.75) is 32.1 Å². The maximum atomic E-state index is 12.0. The highest BCUT2D eigenvalue weighted by atomic mass is 35.5. The molecule has 0 radical (unpaired) electrons. The number of rotatable bonds is 5. The summed E-state index contributed by atoms with van der Waals surface area (Å²) in [6, 6.07) is 7.39.